The van der Waals surface area contributed by atoms with Gasteiger partial charge in [-0.1, -0.05) is 24.3 Å². The van der Waals surface area contributed by atoms with Crippen LogP contribution in [0.3, 0.4) is 0 Å². The largest absolute Gasteiger partial charge is 0.494 e. The fourth-order valence-electron chi connectivity index (χ4n) is 1.19. The van der Waals surface area contributed by atoms with E-state index in [1.54, 1.807) is 6.08 Å². The summed E-state index contributed by atoms with van der Waals surface area (Å²) in [5.41, 5.74) is 5.83. The molecule has 0 aromatic carbocycles. The summed E-state index contributed by atoms with van der Waals surface area (Å²) in [6, 6.07) is -0.313. The summed E-state index contributed by atoms with van der Waals surface area (Å²) >= 11 is 0.955. The molecule has 2 unspecified atom stereocenters. The molecule has 14 heavy (non-hydrogen) atoms. The van der Waals surface area contributed by atoms with Gasteiger partial charge in [0.05, 0.1) is 4.88 Å². The van der Waals surface area contributed by atoms with Gasteiger partial charge in [0.25, 0.3) is 0 Å². The van der Waals surface area contributed by atoms with Gasteiger partial charge in [-0.3, -0.25) is 9.78 Å². The van der Waals surface area contributed by atoms with Gasteiger partial charge in [0.2, 0.25) is 5.88 Å². The van der Waals surface area contributed by atoms with Crippen molar-refractivity contribution in [3.05, 3.63) is 27.2 Å². The molecule has 0 radical (unpaired) electrons. The first kappa shape index (κ1) is 11.0. The molecule has 0 spiro atoms. The second-order valence-corrected chi connectivity index (χ2v) is 4.30. The third kappa shape index (κ3) is 2.46. The monoisotopic (exact) mass is 214 g/mol. The van der Waals surface area contributed by atoms with Gasteiger partial charge in [0.15, 0.2) is 0 Å². The second-order valence-electron chi connectivity index (χ2n) is 3.28. The van der Waals surface area contributed by atoms with Gasteiger partial charge in [0, 0.05) is 6.04 Å². The van der Waals surface area contributed by atoms with E-state index in [0.717, 1.165) is 11.3 Å². The van der Waals surface area contributed by atoms with Gasteiger partial charge in [0.1, 0.15) is 0 Å². The van der Waals surface area contributed by atoms with Crippen LogP contribution in [-0.4, -0.2) is 10.1 Å². The number of nitrogens with two attached hydrogens (primary N) is 1. The van der Waals surface area contributed by atoms with E-state index in [4.69, 9.17) is 5.73 Å². The van der Waals surface area contributed by atoms with Crippen molar-refractivity contribution in [1.82, 2.24) is 4.98 Å². The zero-order valence-electron chi connectivity index (χ0n) is 7.99. The lowest BCUT2D eigenvalue weighted by Crippen LogP contribution is -2.12. The van der Waals surface area contributed by atoms with Crippen molar-refractivity contribution in [2.75, 3.05) is 0 Å². The van der Waals surface area contributed by atoms with E-state index in [0.29, 0.717) is 11.3 Å². The van der Waals surface area contributed by atoms with Crippen LogP contribution in [0.15, 0.2) is 17.4 Å². The van der Waals surface area contributed by atoms with Crippen LogP contribution >= 0.6 is 11.3 Å². The van der Waals surface area contributed by atoms with Crippen molar-refractivity contribution < 1.29 is 5.11 Å². The molecule has 2 atom stereocenters. The molecule has 4 N–H and O–H groups in total. The van der Waals surface area contributed by atoms with Crippen LogP contribution in [0.4, 0.5) is 0 Å². The molecule has 1 aromatic rings. The van der Waals surface area contributed by atoms with Crippen molar-refractivity contribution >= 4 is 11.3 Å². The van der Waals surface area contributed by atoms with Gasteiger partial charge in [-0.15, -0.1) is 6.58 Å². The zero-order chi connectivity index (χ0) is 10.7. The predicted octanol–water partition coefficient (Wildman–Crippen LogP) is 1.35. The summed E-state index contributed by atoms with van der Waals surface area (Å²) in [6.45, 7) is 5.64. The van der Waals surface area contributed by atoms with Crippen LogP contribution in [-0.2, 0) is 0 Å². The molecule has 1 aromatic heterocycles. The molecule has 5 heteroatoms. The predicted molar refractivity (Wildman–Crippen MR) is 57.5 cm³/mol. The number of aromatic amines is 1. The Morgan fingerprint density at radius 2 is 2.43 bits per heavy atom. The molecule has 0 aliphatic carbocycles. The Balaban J connectivity index is 2.78. The minimum Gasteiger partial charge on any atom is -0.494 e. The van der Waals surface area contributed by atoms with Crippen LogP contribution in [0.1, 0.15) is 24.3 Å². The Morgan fingerprint density at radius 3 is 2.86 bits per heavy atom. The Kier molecular flexibility index (Phi) is 3.49. The van der Waals surface area contributed by atoms with Crippen molar-refractivity contribution in [3.63, 3.8) is 0 Å². The van der Waals surface area contributed by atoms with E-state index >= 15 is 0 Å². The third-order valence-electron chi connectivity index (χ3n) is 2.02. The minimum absolute atomic E-state index is 0.108. The highest BCUT2D eigenvalue weighted by Crippen LogP contribution is 2.27. The second kappa shape index (κ2) is 4.43. The Labute approximate surface area is 86.1 Å². The smallest absolute Gasteiger partial charge is 0.307 e. The van der Waals surface area contributed by atoms with E-state index in [-0.39, 0.29) is 22.7 Å². The standard InChI is InChI=1S/C9H14N2O2S/c1-3-5(2)4-6(10)7-8(12)11-9(13)14-7/h3,5-6,12H,1,4,10H2,2H3,(H,11,13). The third-order valence-corrected chi connectivity index (χ3v) is 3.02. The molecule has 0 saturated heterocycles. The van der Waals surface area contributed by atoms with Crippen LogP contribution in [0.5, 0.6) is 5.88 Å². The Bertz CT molecular complexity index is 369. The van der Waals surface area contributed by atoms with Crippen LogP contribution < -0.4 is 10.6 Å². The number of H-pyrrole nitrogens is 1. The molecule has 0 aliphatic rings. The first-order valence-electron chi connectivity index (χ1n) is 4.34. The summed E-state index contributed by atoms with van der Waals surface area (Å²) < 4.78 is 0. The number of hydrogen-bond acceptors (Lipinski definition) is 4. The molecule has 1 heterocycles. The Morgan fingerprint density at radius 1 is 1.79 bits per heavy atom. The number of allylic oxidation sites excluding steroid dienone is 1. The summed E-state index contributed by atoms with van der Waals surface area (Å²) in [4.78, 5) is 13.4. The summed E-state index contributed by atoms with van der Waals surface area (Å²) in [7, 11) is 0. The fourth-order valence-corrected chi connectivity index (χ4v) is 1.93. The molecular weight excluding hydrogens is 200 g/mol. The average Bonchev–Trinajstić information content (AvgIpc) is 2.45. The van der Waals surface area contributed by atoms with E-state index in [1.165, 1.54) is 0 Å². The molecule has 0 fully saturated rings. The van der Waals surface area contributed by atoms with Gasteiger partial charge >= 0.3 is 4.87 Å². The maximum absolute atomic E-state index is 10.9. The van der Waals surface area contributed by atoms with Gasteiger partial charge in [-0.25, -0.2) is 0 Å². The number of thiazole rings is 1. The van der Waals surface area contributed by atoms with E-state index in [2.05, 4.69) is 11.6 Å². The highest BCUT2D eigenvalue weighted by atomic mass is 32.1. The van der Waals surface area contributed by atoms with E-state index in [1.807, 2.05) is 6.92 Å². The van der Waals surface area contributed by atoms with Gasteiger partial charge in [-0.05, 0) is 12.3 Å². The fraction of sp³-hybridized carbons (Fsp3) is 0.444. The highest BCUT2D eigenvalue weighted by molar-refractivity contribution is 7.09. The Hall–Kier alpha value is -1.07. The molecule has 0 aliphatic heterocycles. The van der Waals surface area contributed by atoms with Crippen molar-refractivity contribution in [2.24, 2.45) is 11.7 Å². The summed E-state index contributed by atoms with van der Waals surface area (Å²) in [5, 5.41) is 9.34. The molecule has 0 saturated carbocycles. The van der Waals surface area contributed by atoms with Crippen molar-refractivity contribution in [1.29, 1.82) is 0 Å². The van der Waals surface area contributed by atoms with Crippen LogP contribution in [0, 0.1) is 5.92 Å². The van der Waals surface area contributed by atoms with Crippen molar-refractivity contribution in [3.8, 4) is 5.88 Å². The summed E-state index contributed by atoms with van der Waals surface area (Å²) in [6.07, 6.45) is 2.47. The van der Waals surface area contributed by atoms with Crippen molar-refractivity contribution in [2.45, 2.75) is 19.4 Å². The number of aromatic hydroxyl groups is 1. The van der Waals surface area contributed by atoms with E-state index < -0.39 is 0 Å². The SMILES string of the molecule is C=CC(C)CC(N)c1sc(=O)[nH]c1O. The molecular formula is C9H14N2O2S. The van der Waals surface area contributed by atoms with Crippen LogP contribution in [0.25, 0.3) is 0 Å². The maximum atomic E-state index is 10.9. The molecule has 4 nitrogen and oxygen atoms in total. The number of rotatable bonds is 4. The number of aromatic nitrogens is 1. The van der Waals surface area contributed by atoms with E-state index in [9.17, 15) is 9.90 Å². The molecule has 78 valence electrons. The van der Waals surface area contributed by atoms with Gasteiger partial charge in [-0.2, -0.15) is 0 Å². The first-order chi connectivity index (χ1) is 6.54. The average molecular weight is 214 g/mol. The molecule has 0 bridgehead atoms. The maximum Gasteiger partial charge on any atom is 0.307 e. The first-order valence-corrected chi connectivity index (χ1v) is 5.16. The highest BCUT2D eigenvalue weighted by Gasteiger charge is 2.16. The summed E-state index contributed by atoms with van der Waals surface area (Å²) in [5.74, 6) is 0.158. The topological polar surface area (TPSA) is 79.1 Å². The van der Waals surface area contributed by atoms with Gasteiger partial charge < -0.3 is 10.8 Å². The number of hydrogen-bond donors (Lipinski definition) is 3. The molecule has 0 amide bonds. The zero-order valence-corrected chi connectivity index (χ0v) is 8.80. The quantitative estimate of drug-likeness (QED) is 0.662. The normalized spacial score (nSPS) is 15.0. The number of nitrogens with one attached hydrogen (secondary N) is 1. The minimum atomic E-state index is -0.313. The lowest BCUT2D eigenvalue weighted by Gasteiger charge is -2.12. The lowest BCUT2D eigenvalue weighted by molar-refractivity contribution is 0.438. The molecule has 1 rings (SSSR count). The van der Waals surface area contributed by atoms with Crippen LogP contribution in [0.2, 0.25) is 0 Å². The lowest BCUT2D eigenvalue weighted by atomic mass is 10.0.